The van der Waals surface area contributed by atoms with Crippen LogP contribution in [0, 0.1) is 17.0 Å². The third kappa shape index (κ3) is 4.06. The van der Waals surface area contributed by atoms with E-state index in [1.807, 2.05) is 61.5 Å². The van der Waals surface area contributed by atoms with Gasteiger partial charge in [0.05, 0.1) is 28.6 Å². The molecule has 3 aromatic carbocycles. The van der Waals surface area contributed by atoms with E-state index in [0.29, 0.717) is 17.0 Å². The van der Waals surface area contributed by atoms with Gasteiger partial charge in [0.15, 0.2) is 0 Å². The summed E-state index contributed by atoms with van der Waals surface area (Å²) >= 11 is 0. The number of hydrogen-bond acceptors (Lipinski definition) is 5. The molecule has 1 aromatic heterocycles. The lowest BCUT2D eigenvalue weighted by molar-refractivity contribution is -0.384. The number of benzene rings is 3. The van der Waals surface area contributed by atoms with Crippen LogP contribution in [0.15, 0.2) is 71.5 Å². The van der Waals surface area contributed by atoms with Crippen molar-refractivity contribution in [3.05, 3.63) is 104 Å². The summed E-state index contributed by atoms with van der Waals surface area (Å²) < 4.78 is 6.64. The van der Waals surface area contributed by atoms with E-state index >= 15 is 0 Å². The van der Waals surface area contributed by atoms with Crippen molar-refractivity contribution >= 4 is 28.7 Å². The zero-order chi connectivity index (χ0) is 22.0. The average Bonchev–Trinajstić information content (AvgIpc) is 2.78. The molecule has 0 saturated heterocycles. The van der Waals surface area contributed by atoms with E-state index < -0.39 is 4.92 Å². The first-order chi connectivity index (χ1) is 15.0. The maximum Gasteiger partial charge on any atom is 0.270 e. The topological polar surface area (TPSA) is 87.3 Å². The number of methoxy groups -OCH3 is 1. The summed E-state index contributed by atoms with van der Waals surface area (Å²) in [7, 11) is 1.61. The first-order valence-corrected chi connectivity index (χ1v) is 9.56. The fourth-order valence-electron chi connectivity index (χ4n) is 3.25. The fourth-order valence-corrected chi connectivity index (χ4v) is 3.25. The van der Waals surface area contributed by atoms with Crippen molar-refractivity contribution in [2.75, 3.05) is 7.11 Å². The summed E-state index contributed by atoms with van der Waals surface area (Å²) in [5.74, 6) is 1.17. The highest BCUT2D eigenvalue weighted by atomic mass is 16.6. The van der Waals surface area contributed by atoms with Crippen LogP contribution < -0.4 is 10.3 Å². The second-order valence-electron chi connectivity index (χ2n) is 7.01. The van der Waals surface area contributed by atoms with Gasteiger partial charge in [0.25, 0.3) is 11.2 Å². The van der Waals surface area contributed by atoms with Crippen LogP contribution >= 0.6 is 0 Å². The third-order valence-electron chi connectivity index (χ3n) is 4.92. The molecule has 0 amide bonds. The van der Waals surface area contributed by atoms with Gasteiger partial charge in [-0.1, -0.05) is 35.9 Å². The predicted octanol–water partition coefficient (Wildman–Crippen LogP) is 4.78. The molecule has 0 unspecified atom stereocenters. The van der Waals surface area contributed by atoms with Crippen LogP contribution in [-0.2, 0) is 0 Å². The second kappa shape index (κ2) is 8.23. The number of non-ortho nitro benzene ring substituents is 1. The Morgan fingerprint density at radius 1 is 1.00 bits per heavy atom. The van der Waals surface area contributed by atoms with Gasteiger partial charge in [-0.3, -0.25) is 19.5 Å². The standard InChI is InChI=1S/C24H19N3O4/c1-16-3-8-18(9-4-16)26-23(14-7-17-5-11-20(31-2)12-6-17)25-22-13-10-19(27(29)30)15-21(22)24(26)28/h3-15H,1-2H3/b14-7-. The van der Waals surface area contributed by atoms with Crippen LogP contribution in [0.4, 0.5) is 5.69 Å². The number of rotatable bonds is 5. The second-order valence-corrected chi connectivity index (χ2v) is 7.01. The molecule has 0 bridgehead atoms. The third-order valence-corrected chi connectivity index (χ3v) is 4.92. The number of fused-ring (bicyclic) bond motifs is 1. The molecule has 154 valence electrons. The zero-order valence-electron chi connectivity index (χ0n) is 17.0. The van der Waals surface area contributed by atoms with Crippen LogP contribution in [0.1, 0.15) is 17.0 Å². The van der Waals surface area contributed by atoms with Crippen molar-refractivity contribution in [1.82, 2.24) is 9.55 Å². The molecule has 0 aliphatic carbocycles. The van der Waals surface area contributed by atoms with Crippen molar-refractivity contribution in [2.45, 2.75) is 6.92 Å². The van der Waals surface area contributed by atoms with Gasteiger partial charge < -0.3 is 4.74 Å². The molecule has 0 atom stereocenters. The summed E-state index contributed by atoms with van der Waals surface area (Å²) in [4.78, 5) is 28.6. The largest absolute Gasteiger partial charge is 0.497 e. The Bertz CT molecular complexity index is 1350. The summed E-state index contributed by atoms with van der Waals surface area (Å²) in [5, 5.41) is 11.4. The quantitative estimate of drug-likeness (QED) is 0.347. The Hall–Kier alpha value is -4.26. The highest BCUT2D eigenvalue weighted by molar-refractivity contribution is 5.82. The zero-order valence-corrected chi connectivity index (χ0v) is 17.0. The highest BCUT2D eigenvalue weighted by Gasteiger charge is 2.15. The molecule has 1 heterocycles. The van der Waals surface area contributed by atoms with Gasteiger partial charge >= 0.3 is 0 Å². The van der Waals surface area contributed by atoms with E-state index in [1.165, 1.54) is 22.8 Å². The van der Waals surface area contributed by atoms with Gasteiger partial charge in [-0.15, -0.1) is 0 Å². The molecular formula is C24H19N3O4. The van der Waals surface area contributed by atoms with Crippen LogP contribution in [0.25, 0.3) is 28.7 Å². The number of hydrogen-bond donors (Lipinski definition) is 0. The summed E-state index contributed by atoms with van der Waals surface area (Å²) in [5.41, 5.74) is 2.47. The first-order valence-electron chi connectivity index (χ1n) is 9.56. The Kier molecular flexibility index (Phi) is 5.32. The molecule has 7 nitrogen and oxygen atoms in total. The van der Waals surface area contributed by atoms with E-state index in [1.54, 1.807) is 13.2 Å². The first kappa shape index (κ1) is 20.0. The lowest BCUT2D eigenvalue weighted by atomic mass is 10.1. The van der Waals surface area contributed by atoms with Gasteiger partial charge in [0.1, 0.15) is 11.6 Å². The molecule has 0 aliphatic heterocycles. The van der Waals surface area contributed by atoms with E-state index in [0.717, 1.165) is 16.9 Å². The molecule has 0 saturated carbocycles. The Morgan fingerprint density at radius 3 is 2.35 bits per heavy atom. The van der Waals surface area contributed by atoms with E-state index in [4.69, 9.17) is 4.74 Å². The maximum absolute atomic E-state index is 13.4. The smallest absolute Gasteiger partial charge is 0.270 e. The number of ether oxygens (including phenoxy) is 1. The summed E-state index contributed by atoms with van der Waals surface area (Å²) in [6.45, 7) is 1.96. The van der Waals surface area contributed by atoms with Crippen LogP contribution in [0.3, 0.4) is 0 Å². The normalized spacial score (nSPS) is 11.2. The van der Waals surface area contributed by atoms with Crippen molar-refractivity contribution < 1.29 is 9.66 Å². The fraction of sp³-hybridized carbons (Fsp3) is 0.0833. The van der Waals surface area contributed by atoms with Crippen LogP contribution in [-0.4, -0.2) is 21.6 Å². The molecule has 4 aromatic rings. The van der Waals surface area contributed by atoms with Crippen molar-refractivity contribution in [1.29, 1.82) is 0 Å². The lowest BCUT2D eigenvalue weighted by Gasteiger charge is -2.12. The van der Waals surface area contributed by atoms with Gasteiger partial charge in [0, 0.05) is 12.1 Å². The number of aromatic nitrogens is 2. The SMILES string of the molecule is COc1ccc(/C=C\c2nc3ccc([N+](=O)[O-])cc3c(=O)n2-c2ccc(C)cc2)cc1. The van der Waals surface area contributed by atoms with Gasteiger partial charge in [-0.05, 0) is 48.9 Å². The van der Waals surface area contributed by atoms with E-state index in [2.05, 4.69) is 4.98 Å². The summed E-state index contributed by atoms with van der Waals surface area (Å²) in [6, 6.07) is 19.1. The molecule has 0 N–H and O–H groups in total. The lowest BCUT2D eigenvalue weighted by Crippen LogP contribution is -2.22. The van der Waals surface area contributed by atoms with Gasteiger partial charge in [-0.25, -0.2) is 4.98 Å². The molecule has 31 heavy (non-hydrogen) atoms. The number of nitrogens with zero attached hydrogens (tertiary/aromatic N) is 3. The van der Waals surface area contributed by atoms with Crippen molar-refractivity contribution in [3.63, 3.8) is 0 Å². The van der Waals surface area contributed by atoms with Crippen molar-refractivity contribution in [2.24, 2.45) is 0 Å². The molecule has 0 fully saturated rings. The van der Waals surface area contributed by atoms with Gasteiger partial charge in [0.2, 0.25) is 0 Å². The Morgan fingerprint density at radius 2 is 1.71 bits per heavy atom. The van der Waals surface area contributed by atoms with Gasteiger partial charge in [-0.2, -0.15) is 0 Å². The van der Waals surface area contributed by atoms with Crippen molar-refractivity contribution in [3.8, 4) is 11.4 Å². The van der Waals surface area contributed by atoms with E-state index in [-0.39, 0.29) is 16.6 Å². The molecule has 0 aliphatic rings. The number of nitro benzene ring substituents is 1. The number of nitro groups is 1. The Balaban J connectivity index is 1.91. The maximum atomic E-state index is 13.4. The summed E-state index contributed by atoms with van der Waals surface area (Å²) in [6.07, 6.45) is 3.60. The Labute approximate surface area is 178 Å². The molecule has 0 spiro atoms. The number of aryl methyl sites for hydroxylation is 1. The average molecular weight is 413 g/mol. The molecule has 4 rings (SSSR count). The monoisotopic (exact) mass is 413 g/mol. The van der Waals surface area contributed by atoms with Crippen LogP contribution in [0.2, 0.25) is 0 Å². The minimum absolute atomic E-state index is 0.150. The minimum Gasteiger partial charge on any atom is -0.497 e. The minimum atomic E-state index is -0.521. The molecule has 0 radical (unpaired) electrons. The molecular weight excluding hydrogens is 394 g/mol. The molecule has 7 heteroatoms. The van der Waals surface area contributed by atoms with E-state index in [9.17, 15) is 14.9 Å². The highest BCUT2D eigenvalue weighted by Crippen LogP contribution is 2.20. The van der Waals surface area contributed by atoms with Crippen LogP contribution in [0.5, 0.6) is 5.75 Å². The predicted molar refractivity (Wildman–Crippen MR) is 121 cm³/mol.